The lowest BCUT2D eigenvalue weighted by Crippen LogP contribution is -2.36. The predicted molar refractivity (Wildman–Crippen MR) is 55.7 cm³/mol. The van der Waals surface area contributed by atoms with Crippen LogP contribution in [-0.2, 0) is 13.0 Å². The maximum Gasteiger partial charge on any atom is 0.262 e. The van der Waals surface area contributed by atoms with Crippen molar-refractivity contribution in [1.29, 1.82) is 0 Å². The van der Waals surface area contributed by atoms with Gasteiger partial charge in [-0.2, -0.15) is 0 Å². The molecule has 1 N–H and O–H groups in total. The summed E-state index contributed by atoms with van der Waals surface area (Å²) in [7, 11) is 0. The van der Waals surface area contributed by atoms with E-state index in [-0.39, 0.29) is 0 Å². The Labute approximate surface area is 84.6 Å². The molecule has 1 heterocycles. The van der Waals surface area contributed by atoms with Crippen LogP contribution in [0.3, 0.4) is 0 Å². The van der Waals surface area contributed by atoms with Crippen molar-refractivity contribution in [1.82, 2.24) is 4.57 Å². The lowest BCUT2D eigenvalue weighted by atomic mass is 10.3. The molecule has 0 saturated heterocycles. The first-order valence-corrected chi connectivity index (χ1v) is 4.69. The second kappa shape index (κ2) is 4.77. The molecule has 0 aliphatic rings. The first kappa shape index (κ1) is 10.7. The van der Waals surface area contributed by atoms with Crippen molar-refractivity contribution >= 4 is 0 Å². The van der Waals surface area contributed by atoms with Gasteiger partial charge in [0.25, 0.3) is 5.82 Å². The first-order valence-electron chi connectivity index (χ1n) is 4.69. The topological polar surface area (TPSA) is 29.0 Å². The maximum absolute atomic E-state index is 9.50. The Hall–Kier alpha value is -1.35. The highest BCUT2D eigenvalue weighted by Gasteiger charge is 2.17. The molecule has 3 nitrogen and oxygen atoms in total. The van der Waals surface area contributed by atoms with E-state index < -0.39 is 6.23 Å². The van der Waals surface area contributed by atoms with Gasteiger partial charge in [-0.3, -0.25) is 0 Å². The molecule has 14 heavy (non-hydrogen) atoms. The largest absolute Gasteiger partial charge is 0.355 e. The molecule has 1 rings (SSSR count). The van der Waals surface area contributed by atoms with E-state index in [0.717, 1.165) is 18.8 Å². The fourth-order valence-corrected chi connectivity index (χ4v) is 1.47. The van der Waals surface area contributed by atoms with Gasteiger partial charge in [0.05, 0.1) is 6.42 Å². The summed E-state index contributed by atoms with van der Waals surface area (Å²) in [6.07, 6.45) is 7.70. The molecule has 0 saturated carbocycles. The van der Waals surface area contributed by atoms with Gasteiger partial charge in [0.1, 0.15) is 18.9 Å². The van der Waals surface area contributed by atoms with Crippen LogP contribution in [0.25, 0.3) is 0 Å². The molecule has 0 fully saturated rings. The Morgan fingerprint density at radius 3 is 2.79 bits per heavy atom. The van der Waals surface area contributed by atoms with Gasteiger partial charge in [0.15, 0.2) is 6.23 Å². The average Bonchev–Trinajstić information content (AvgIpc) is 2.50. The molecule has 1 aromatic rings. The number of allylic oxidation sites excluding steroid dienone is 2. The van der Waals surface area contributed by atoms with Crippen molar-refractivity contribution in [3.05, 3.63) is 43.5 Å². The Kier molecular flexibility index (Phi) is 3.65. The zero-order chi connectivity index (χ0) is 10.6. The van der Waals surface area contributed by atoms with Crippen LogP contribution in [0, 0.1) is 0 Å². The van der Waals surface area contributed by atoms with Crippen LogP contribution in [0.4, 0.5) is 0 Å². The Morgan fingerprint density at radius 2 is 2.29 bits per heavy atom. The summed E-state index contributed by atoms with van der Waals surface area (Å²) >= 11 is 0. The van der Waals surface area contributed by atoms with E-state index in [4.69, 9.17) is 0 Å². The van der Waals surface area contributed by atoms with Crippen LogP contribution in [0.1, 0.15) is 19.0 Å². The summed E-state index contributed by atoms with van der Waals surface area (Å²) in [6.45, 7) is 9.89. The Bertz CT molecular complexity index is 326. The van der Waals surface area contributed by atoms with Gasteiger partial charge < -0.3 is 5.11 Å². The van der Waals surface area contributed by atoms with E-state index >= 15 is 0 Å². The highest BCUT2D eigenvalue weighted by Crippen LogP contribution is 2.05. The van der Waals surface area contributed by atoms with E-state index in [1.807, 2.05) is 33.7 Å². The molecule has 0 aromatic carbocycles. The second-order valence-corrected chi connectivity index (χ2v) is 3.19. The zero-order valence-corrected chi connectivity index (χ0v) is 8.56. The molecular weight excluding hydrogens is 176 g/mol. The molecule has 0 aliphatic heterocycles. The minimum Gasteiger partial charge on any atom is -0.355 e. The van der Waals surface area contributed by atoms with Crippen molar-refractivity contribution in [3.63, 3.8) is 0 Å². The van der Waals surface area contributed by atoms with Gasteiger partial charge in [-0.05, 0) is 0 Å². The van der Waals surface area contributed by atoms with Crippen LogP contribution in [-0.4, -0.2) is 9.67 Å². The number of hydrogen-bond acceptors (Lipinski definition) is 1. The normalized spacial score (nSPS) is 12.4. The fourth-order valence-electron chi connectivity index (χ4n) is 1.47. The smallest absolute Gasteiger partial charge is 0.262 e. The predicted octanol–water partition coefficient (Wildman–Crippen LogP) is 1.20. The van der Waals surface area contributed by atoms with Crippen molar-refractivity contribution in [2.75, 3.05) is 0 Å². The van der Waals surface area contributed by atoms with Gasteiger partial charge in [0.2, 0.25) is 0 Å². The summed E-state index contributed by atoms with van der Waals surface area (Å²) in [5.74, 6) is 1.04. The fraction of sp³-hybridized carbons (Fsp3) is 0.364. The second-order valence-electron chi connectivity index (χ2n) is 3.19. The number of imidazole rings is 1. The molecule has 0 spiro atoms. The van der Waals surface area contributed by atoms with Crippen molar-refractivity contribution in [3.8, 4) is 0 Å². The third-order valence-corrected chi connectivity index (χ3v) is 2.09. The zero-order valence-electron chi connectivity index (χ0n) is 8.56. The quantitative estimate of drug-likeness (QED) is 0.552. The van der Waals surface area contributed by atoms with Crippen LogP contribution in [0.15, 0.2) is 37.7 Å². The van der Waals surface area contributed by atoms with Crippen molar-refractivity contribution in [2.24, 2.45) is 0 Å². The molecule has 0 aliphatic carbocycles. The van der Waals surface area contributed by atoms with Crippen LogP contribution >= 0.6 is 0 Å². The molecule has 0 amide bonds. The van der Waals surface area contributed by atoms with Crippen LogP contribution in [0.2, 0.25) is 0 Å². The lowest BCUT2D eigenvalue weighted by molar-refractivity contribution is -0.693. The lowest BCUT2D eigenvalue weighted by Gasteiger charge is -2.03. The van der Waals surface area contributed by atoms with E-state index in [9.17, 15) is 5.11 Å². The monoisotopic (exact) mass is 193 g/mol. The van der Waals surface area contributed by atoms with Crippen LogP contribution < -0.4 is 4.57 Å². The third kappa shape index (κ3) is 2.12. The molecule has 0 bridgehead atoms. The number of aliphatic hydroxyl groups excluding tert-OH is 1. The van der Waals surface area contributed by atoms with E-state index in [0.29, 0.717) is 0 Å². The molecule has 1 atom stereocenters. The molecule has 1 unspecified atom stereocenters. The highest BCUT2D eigenvalue weighted by molar-refractivity contribution is 4.91. The summed E-state index contributed by atoms with van der Waals surface area (Å²) < 4.78 is 3.87. The summed E-state index contributed by atoms with van der Waals surface area (Å²) in [5, 5.41) is 9.50. The number of hydrogen-bond donors (Lipinski definition) is 1. The number of nitrogens with zero attached hydrogens (tertiary/aromatic N) is 2. The summed E-state index contributed by atoms with van der Waals surface area (Å²) in [4.78, 5) is 0. The van der Waals surface area contributed by atoms with Gasteiger partial charge in [-0.1, -0.05) is 18.7 Å². The van der Waals surface area contributed by atoms with E-state index in [1.165, 1.54) is 0 Å². The average molecular weight is 193 g/mol. The van der Waals surface area contributed by atoms with Gasteiger partial charge in [0, 0.05) is 6.92 Å². The van der Waals surface area contributed by atoms with Gasteiger partial charge in [-0.25, -0.2) is 9.13 Å². The summed E-state index contributed by atoms with van der Waals surface area (Å²) in [6, 6.07) is 0. The number of aliphatic hydroxyl groups is 1. The minimum atomic E-state index is -0.504. The van der Waals surface area contributed by atoms with Gasteiger partial charge >= 0.3 is 0 Å². The molecule has 1 aromatic heterocycles. The van der Waals surface area contributed by atoms with E-state index in [2.05, 4.69) is 13.2 Å². The number of rotatable bonds is 5. The van der Waals surface area contributed by atoms with Crippen molar-refractivity contribution < 1.29 is 9.67 Å². The SMILES string of the molecule is C=CCc1n(C(C)O)cc[n+]1CC=C. The van der Waals surface area contributed by atoms with E-state index in [1.54, 1.807) is 6.92 Å². The van der Waals surface area contributed by atoms with Gasteiger partial charge in [-0.15, -0.1) is 6.58 Å². The number of aromatic nitrogens is 2. The molecule has 3 heteroatoms. The van der Waals surface area contributed by atoms with Crippen LogP contribution in [0.5, 0.6) is 0 Å². The highest BCUT2D eigenvalue weighted by atomic mass is 16.3. The minimum absolute atomic E-state index is 0.504. The van der Waals surface area contributed by atoms with Crippen molar-refractivity contribution in [2.45, 2.75) is 26.1 Å². The first-order chi connectivity index (χ1) is 6.70. The Balaban J connectivity index is 3.05. The molecule has 0 radical (unpaired) electrons. The maximum atomic E-state index is 9.50. The summed E-state index contributed by atoms with van der Waals surface area (Å²) in [5.41, 5.74) is 0. The molecular formula is C11H17N2O+. The third-order valence-electron chi connectivity index (χ3n) is 2.09. The molecule has 76 valence electrons. The Morgan fingerprint density at radius 1 is 1.57 bits per heavy atom. The standard InChI is InChI=1S/C11H17N2O/c1-4-6-11-12(7-5-2)8-9-13(11)10(3)14/h4-5,8-10,14H,1-2,6-7H2,3H3/q+1.